The van der Waals surface area contributed by atoms with E-state index in [2.05, 4.69) is 59.6 Å². The van der Waals surface area contributed by atoms with E-state index in [1.54, 1.807) is 0 Å². The summed E-state index contributed by atoms with van der Waals surface area (Å²) in [5, 5.41) is 2.62. The van der Waals surface area contributed by atoms with Crippen LogP contribution in [0.1, 0.15) is 16.8 Å². The molecule has 0 spiro atoms. The van der Waals surface area contributed by atoms with Crippen LogP contribution in [0.5, 0.6) is 0 Å². The van der Waals surface area contributed by atoms with Crippen molar-refractivity contribution in [1.82, 2.24) is 4.98 Å². The lowest BCUT2D eigenvalue weighted by Gasteiger charge is -2.07. The SMILES string of the molecule is C1=C(c2cccc3ccccc23)Cc2cccnc21. The molecule has 4 rings (SSSR count). The standard InChI is InChI=1S/C18H13N/c1-2-8-16-13(5-1)6-3-9-17(16)15-11-14-7-4-10-19-18(14)12-15/h1-10,12H,11H2. The molecule has 0 saturated carbocycles. The monoisotopic (exact) mass is 243 g/mol. The van der Waals surface area contributed by atoms with Crippen molar-refractivity contribution in [3.05, 3.63) is 77.6 Å². The summed E-state index contributed by atoms with van der Waals surface area (Å²) in [6.07, 6.45) is 5.07. The minimum Gasteiger partial charge on any atom is -0.257 e. The number of allylic oxidation sites excluding steroid dienone is 1. The molecule has 1 heterocycles. The van der Waals surface area contributed by atoms with Crippen molar-refractivity contribution < 1.29 is 0 Å². The van der Waals surface area contributed by atoms with Crippen molar-refractivity contribution in [2.45, 2.75) is 6.42 Å². The van der Waals surface area contributed by atoms with E-state index in [0.29, 0.717) is 0 Å². The van der Waals surface area contributed by atoms with Crippen LogP contribution in [0.25, 0.3) is 22.4 Å². The fourth-order valence-electron chi connectivity index (χ4n) is 2.83. The molecular formula is C18H13N. The average Bonchev–Trinajstić information content (AvgIpc) is 2.90. The minimum atomic E-state index is 0.983. The molecule has 1 nitrogen and oxygen atoms in total. The largest absolute Gasteiger partial charge is 0.257 e. The lowest BCUT2D eigenvalue weighted by atomic mass is 9.97. The molecule has 0 aliphatic heterocycles. The maximum Gasteiger partial charge on any atom is 0.0668 e. The quantitative estimate of drug-likeness (QED) is 0.620. The third-order valence-corrected chi connectivity index (χ3v) is 3.75. The van der Waals surface area contributed by atoms with Gasteiger partial charge < -0.3 is 0 Å². The molecule has 0 radical (unpaired) electrons. The molecule has 19 heavy (non-hydrogen) atoms. The molecule has 1 aliphatic carbocycles. The topological polar surface area (TPSA) is 12.9 Å². The average molecular weight is 243 g/mol. The Kier molecular flexibility index (Phi) is 2.25. The van der Waals surface area contributed by atoms with Crippen LogP contribution in [-0.2, 0) is 6.42 Å². The highest BCUT2D eigenvalue weighted by Crippen LogP contribution is 2.33. The lowest BCUT2D eigenvalue weighted by molar-refractivity contribution is 1.21. The van der Waals surface area contributed by atoms with E-state index in [4.69, 9.17) is 0 Å². The van der Waals surface area contributed by atoms with E-state index in [9.17, 15) is 0 Å². The Morgan fingerprint density at radius 3 is 2.68 bits per heavy atom. The number of rotatable bonds is 1. The molecule has 3 aromatic rings. The number of pyridine rings is 1. The highest BCUT2D eigenvalue weighted by molar-refractivity contribution is 5.99. The zero-order chi connectivity index (χ0) is 12.7. The van der Waals surface area contributed by atoms with Crippen LogP contribution in [0, 0.1) is 0 Å². The number of hydrogen-bond acceptors (Lipinski definition) is 1. The van der Waals surface area contributed by atoms with Crippen LogP contribution in [-0.4, -0.2) is 4.98 Å². The minimum absolute atomic E-state index is 0.983. The second-order valence-electron chi connectivity index (χ2n) is 4.92. The molecular weight excluding hydrogens is 230 g/mol. The Hall–Kier alpha value is -2.41. The van der Waals surface area contributed by atoms with E-state index in [1.165, 1.54) is 27.5 Å². The smallest absolute Gasteiger partial charge is 0.0668 e. The van der Waals surface area contributed by atoms with E-state index in [-0.39, 0.29) is 0 Å². The van der Waals surface area contributed by atoms with Crippen molar-refractivity contribution in [3.63, 3.8) is 0 Å². The number of aromatic nitrogens is 1. The molecule has 0 atom stereocenters. The van der Waals surface area contributed by atoms with E-state index >= 15 is 0 Å². The summed E-state index contributed by atoms with van der Waals surface area (Å²) in [6.45, 7) is 0. The number of benzene rings is 2. The van der Waals surface area contributed by atoms with Crippen LogP contribution in [0.4, 0.5) is 0 Å². The Labute approximate surface area is 112 Å². The molecule has 90 valence electrons. The van der Waals surface area contributed by atoms with Gasteiger partial charge in [-0.05, 0) is 39.6 Å². The van der Waals surface area contributed by atoms with Crippen molar-refractivity contribution in [3.8, 4) is 0 Å². The molecule has 0 N–H and O–H groups in total. The van der Waals surface area contributed by atoms with Gasteiger partial charge in [0, 0.05) is 12.6 Å². The highest BCUT2D eigenvalue weighted by Gasteiger charge is 2.15. The second-order valence-corrected chi connectivity index (χ2v) is 4.92. The fraction of sp³-hybridized carbons (Fsp3) is 0.0556. The van der Waals surface area contributed by atoms with E-state index < -0.39 is 0 Å². The van der Waals surface area contributed by atoms with Gasteiger partial charge in [-0.25, -0.2) is 0 Å². The van der Waals surface area contributed by atoms with E-state index in [1.807, 2.05) is 12.3 Å². The first kappa shape index (κ1) is 10.5. The van der Waals surface area contributed by atoms with E-state index in [0.717, 1.165) is 12.1 Å². The van der Waals surface area contributed by atoms with Gasteiger partial charge in [0.15, 0.2) is 0 Å². The molecule has 0 unspecified atom stereocenters. The summed E-state index contributed by atoms with van der Waals surface area (Å²) in [5.41, 5.74) is 5.14. The Morgan fingerprint density at radius 2 is 1.74 bits per heavy atom. The molecule has 1 aliphatic rings. The van der Waals surface area contributed by atoms with Gasteiger partial charge in [0.25, 0.3) is 0 Å². The Balaban J connectivity index is 1.90. The zero-order valence-electron chi connectivity index (χ0n) is 10.5. The first-order valence-corrected chi connectivity index (χ1v) is 6.54. The molecule has 2 aromatic carbocycles. The van der Waals surface area contributed by atoms with Crippen molar-refractivity contribution >= 4 is 22.4 Å². The molecule has 1 heteroatoms. The van der Waals surface area contributed by atoms with Gasteiger partial charge in [0.2, 0.25) is 0 Å². The summed E-state index contributed by atoms with van der Waals surface area (Å²) in [4.78, 5) is 4.44. The Bertz CT molecular complexity index is 794. The summed E-state index contributed by atoms with van der Waals surface area (Å²) in [5.74, 6) is 0. The summed E-state index contributed by atoms with van der Waals surface area (Å²) >= 11 is 0. The van der Waals surface area contributed by atoms with Crippen molar-refractivity contribution in [2.75, 3.05) is 0 Å². The van der Waals surface area contributed by atoms with Crippen LogP contribution in [0.15, 0.2) is 60.8 Å². The normalized spacial score (nSPS) is 13.4. The molecule has 0 fully saturated rings. The van der Waals surface area contributed by atoms with Crippen LogP contribution in [0.2, 0.25) is 0 Å². The number of hydrogen-bond donors (Lipinski definition) is 0. The first-order valence-electron chi connectivity index (χ1n) is 6.54. The maximum absolute atomic E-state index is 4.44. The van der Waals surface area contributed by atoms with Gasteiger partial charge in [0.05, 0.1) is 5.69 Å². The molecule has 0 amide bonds. The third-order valence-electron chi connectivity index (χ3n) is 3.75. The predicted octanol–water partition coefficient (Wildman–Crippen LogP) is 4.33. The first-order chi connectivity index (χ1) is 9.42. The summed E-state index contributed by atoms with van der Waals surface area (Å²) in [6, 6.07) is 19.2. The van der Waals surface area contributed by atoms with Gasteiger partial charge >= 0.3 is 0 Å². The number of nitrogens with zero attached hydrogens (tertiary/aromatic N) is 1. The highest BCUT2D eigenvalue weighted by atomic mass is 14.7. The lowest BCUT2D eigenvalue weighted by Crippen LogP contribution is -1.87. The molecule has 1 aromatic heterocycles. The van der Waals surface area contributed by atoms with Crippen molar-refractivity contribution in [2.24, 2.45) is 0 Å². The zero-order valence-corrected chi connectivity index (χ0v) is 10.5. The third kappa shape index (κ3) is 1.66. The molecule has 0 saturated heterocycles. The van der Waals surface area contributed by atoms with Crippen LogP contribution >= 0.6 is 0 Å². The second kappa shape index (κ2) is 4.06. The predicted molar refractivity (Wildman–Crippen MR) is 79.8 cm³/mol. The van der Waals surface area contributed by atoms with Crippen LogP contribution in [0.3, 0.4) is 0 Å². The van der Waals surface area contributed by atoms with Gasteiger partial charge in [-0.1, -0.05) is 48.5 Å². The van der Waals surface area contributed by atoms with Gasteiger partial charge in [-0.2, -0.15) is 0 Å². The number of fused-ring (bicyclic) bond motifs is 2. The van der Waals surface area contributed by atoms with Crippen molar-refractivity contribution in [1.29, 1.82) is 0 Å². The van der Waals surface area contributed by atoms with Gasteiger partial charge in [-0.3, -0.25) is 4.98 Å². The maximum atomic E-state index is 4.44. The van der Waals surface area contributed by atoms with Crippen LogP contribution < -0.4 is 0 Å². The molecule has 0 bridgehead atoms. The summed E-state index contributed by atoms with van der Waals surface area (Å²) < 4.78 is 0. The van der Waals surface area contributed by atoms with Gasteiger partial charge in [0.1, 0.15) is 0 Å². The van der Waals surface area contributed by atoms with Gasteiger partial charge in [-0.15, -0.1) is 0 Å². The Morgan fingerprint density at radius 1 is 0.842 bits per heavy atom. The fourth-order valence-corrected chi connectivity index (χ4v) is 2.83. The summed E-state index contributed by atoms with van der Waals surface area (Å²) in [7, 11) is 0.